The molecule has 0 nitrogen and oxygen atoms in total. The Balaban J connectivity index is 0.454. The molecule has 22 aromatic carbocycles. The molecule has 144 heavy (non-hydrogen) atoms. The largest absolute Gasteiger partial charge is 0.135 e. The van der Waals surface area contributed by atoms with Crippen molar-refractivity contribution in [1.29, 1.82) is 0 Å². The molecule has 3 heteroatoms. The van der Waals surface area contributed by atoms with Gasteiger partial charge in [-0.1, -0.05) is 436 Å². The molecule has 0 saturated heterocycles. The van der Waals surface area contributed by atoms with E-state index in [1.807, 2.05) is 34.0 Å². The maximum atomic E-state index is 2.53. The van der Waals surface area contributed by atoms with E-state index in [1.165, 1.54) is 304 Å². The summed E-state index contributed by atoms with van der Waals surface area (Å²) in [6.07, 6.45) is 15.9. The average molecular weight is 1880 g/mol. The number of fused-ring (bicyclic) bond motifs is 24. The van der Waals surface area contributed by atoms with Crippen molar-refractivity contribution in [2.45, 2.75) is 63.7 Å². The van der Waals surface area contributed by atoms with Crippen LogP contribution >= 0.6 is 34.0 Å². The minimum absolute atomic E-state index is 0.0952. The van der Waals surface area contributed by atoms with Crippen molar-refractivity contribution in [3.63, 3.8) is 0 Å². The molecule has 30 rings (SSSR count). The van der Waals surface area contributed by atoms with Crippen LogP contribution in [0.15, 0.2) is 455 Å². The van der Waals surface area contributed by atoms with Gasteiger partial charge < -0.3 is 0 Å². The number of hydrogen-bond acceptors (Lipinski definition) is 3. The second-order valence-electron chi connectivity index (χ2n) is 42.1. The van der Waals surface area contributed by atoms with Crippen molar-refractivity contribution < 1.29 is 0 Å². The van der Waals surface area contributed by atoms with Gasteiger partial charge in [0.1, 0.15) is 0 Å². The molecule has 5 aliphatic carbocycles. The van der Waals surface area contributed by atoms with Crippen LogP contribution in [0.1, 0.15) is 86.4 Å². The van der Waals surface area contributed by atoms with E-state index >= 15 is 0 Å². The Morgan fingerprint density at radius 3 is 1.05 bits per heavy atom. The number of allylic oxidation sites excluding steroid dienone is 8. The molecule has 0 amide bonds. The van der Waals surface area contributed by atoms with Crippen LogP contribution in [-0.4, -0.2) is 0 Å². The zero-order chi connectivity index (χ0) is 95.4. The Morgan fingerprint density at radius 2 is 0.542 bits per heavy atom. The first-order chi connectivity index (χ1) is 70.7. The molecule has 3 aromatic heterocycles. The average Bonchev–Trinajstić information content (AvgIpc) is 1.50. The molecule has 0 fully saturated rings. The van der Waals surface area contributed by atoms with E-state index in [0.29, 0.717) is 5.92 Å². The Hall–Kier alpha value is -16.2. The molecule has 3 heterocycles. The van der Waals surface area contributed by atoms with Crippen LogP contribution in [0.25, 0.3) is 259 Å². The lowest BCUT2D eigenvalue weighted by atomic mass is 9.76. The summed E-state index contributed by atoms with van der Waals surface area (Å²) in [6.45, 7) is 14.6. The van der Waals surface area contributed by atoms with E-state index < -0.39 is 0 Å². The fraction of sp³-hybridized carbons (Fsp3) is 0.0780. The van der Waals surface area contributed by atoms with Gasteiger partial charge in [-0.05, 0) is 329 Å². The quantitative estimate of drug-likeness (QED) is 0.113. The third-order valence-corrected chi connectivity index (χ3v) is 37.0. The highest BCUT2D eigenvalue weighted by Gasteiger charge is 2.44. The van der Waals surface area contributed by atoms with Gasteiger partial charge in [0.05, 0.1) is 0 Å². The van der Waals surface area contributed by atoms with Crippen molar-refractivity contribution in [1.82, 2.24) is 0 Å². The fourth-order valence-electron chi connectivity index (χ4n) is 26.9. The van der Waals surface area contributed by atoms with Crippen molar-refractivity contribution in [2.75, 3.05) is 0 Å². The molecule has 0 saturated carbocycles. The maximum absolute atomic E-state index is 2.53. The number of rotatable bonds is 11. The second kappa shape index (κ2) is 31.4. The van der Waals surface area contributed by atoms with E-state index in [4.69, 9.17) is 0 Å². The third kappa shape index (κ3) is 12.2. The lowest BCUT2D eigenvalue weighted by Gasteiger charge is -2.28. The molecule has 676 valence electrons. The SMILES string of the molecule is CC1(C)c2ccc(-c3c4ccccc4c(-c4ccccc4-c4cccc5cc(-c6ccc7sc8c(c7c6)C(C)(C)c6ccc(-c7c9ccccc9c(-c9ccc(-c%10cccc%11c(-c%12ccc%13sc%14c(c%13c%12)C(C)(C)c%12ccc(-c%13c%15ccccc%15c(-c%15cccc(C%16C=CC=C%17C=CC=CC%17%16)c%15)c%15ccccc%13%15)cc%12-%14)cccc%10%11)cc9)c9ccccc79)cc6-8)ccc45)c4ccccc34)cc2-c2sc3ccccc3c21. The zero-order valence-electron chi connectivity index (χ0n) is 80.6. The number of benzene rings is 22. The summed E-state index contributed by atoms with van der Waals surface area (Å²) >= 11 is 5.85. The Labute approximate surface area is 849 Å². The first-order valence-electron chi connectivity index (χ1n) is 50.7. The summed E-state index contributed by atoms with van der Waals surface area (Å²) in [6, 6.07) is 156. The third-order valence-electron chi connectivity index (χ3n) is 33.4. The van der Waals surface area contributed by atoms with Gasteiger partial charge in [-0.2, -0.15) is 0 Å². The van der Waals surface area contributed by atoms with E-state index in [-0.39, 0.29) is 22.2 Å². The molecule has 0 N–H and O–H groups in total. The van der Waals surface area contributed by atoms with E-state index in [0.717, 1.165) is 0 Å². The smallest absolute Gasteiger partial charge is 0.0399 e. The number of thiophene rings is 3. The molecular weight excluding hydrogens is 1790 g/mol. The van der Waals surface area contributed by atoms with Crippen LogP contribution in [0.2, 0.25) is 0 Å². The molecule has 2 unspecified atom stereocenters. The van der Waals surface area contributed by atoms with Crippen LogP contribution in [0.5, 0.6) is 0 Å². The zero-order valence-corrected chi connectivity index (χ0v) is 83.1. The molecule has 2 atom stereocenters. The van der Waals surface area contributed by atoms with Crippen molar-refractivity contribution in [2.24, 2.45) is 5.92 Å². The highest BCUT2D eigenvalue weighted by Crippen LogP contribution is 2.63. The van der Waals surface area contributed by atoms with Gasteiger partial charge >= 0.3 is 0 Å². The predicted molar refractivity (Wildman–Crippen MR) is 621 cm³/mol. The maximum Gasteiger partial charge on any atom is 0.0399 e. The lowest BCUT2D eigenvalue weighted by Crippen LogP contribution is -2.14. The Kier molecular flexibility index (Phi) is 18.2. The van der Waals surface area contributed by atoms with E-state index in [2.05, 4.69) is 491 Å². The molecule has 0 radical (unpaired) electrons. The predicted octanol–water partition coefficient (Wildman–Crippen LogP) is 40.5. The van der Waals surface area contributed by atoms with E-state index in [1.54, 1.807) is 0 Å². The molecule has 5 aliphatic rings. The fourth-order valence-corrected chi connectivity index (χ4v) is 31.0. The van der Waals surface area contributed by atoms with Crippen LogP contribution in [-0.2, 0) is 16.2 Å². The molecular formula is C141H94S3. The van der Waals surface area contributed by atoms with Crippen molar-refractivity contribution in [3.8, 4) is 143 Å². The lowest BCUT2D eigenvalue weighted by molar-refractivity contribution is 0.667. The highest BCUT2D eigenvalue weighted by atomic mass is 32.1. The molecule has 25 aromatic rings. The minimum Gasteiger partial charge on any atom is -0.135 e. The highest BCUT2D eigenvalue weighted by molar-refractivity contribution is 7.23. The van der Waals surface area contributed by atoms with Gasteiger partial charge in [-0.25, -0.2) is 0 Å². The van der Waals surface area contributed by atoms with Gasteiger partial charge in [-0.3, -0.25) is 0 Å². The monoisotopic (exact) mass is 1880 g/mol. The minimum atomic E-state index is -0.235. The number of hydrogen-bond donors (Lipinski definition) is 0. The van der Waals surface area contributed by atoms with Gasteiger partial charge in [0.15, 0.2) is 0 Å². The van der Waals surface area contributed by atoms with Crippen molar-refractivity contribution >= 4 is 150 Å². The normalized spacial score (nSPS) is 15.4. The van der Waals surface area contributed by atoms with Crippen LogP contribution in [0.4, 0.5) is 0 Å². The van der Waals surface area contributed by atoms with Gasteiger partial charge in [-0.15, -0.1) is 34.0 Å². The first kappa shape index (κ1) is 83.5. The summed E-state index contributed by atoms with van der Waals surface area (Å²) < 4.78 is 4.00. The van der Waals surface area contributed by atoms with Crippen LogP contribution < -0.4 is 0 Å². The van der Waals surface area contributed by atoms with Crippen molar-refractivity contribution in [3.05, 3.63) is 493 Å². The second-order valence-corrected chi connectivity index (χ2v) is 45.2. The summed E-state index contributed by atoms with van der Waals surface area (Å²) in [5, 5.41) is 24.1. The molecule has 0 spiro atoms. The van der Waals surface area contributed by atoms with Crippen LogP contribution in [0, 0.1) is 5.92 Å². The molecule has 0 aliphatic heterocycles. The summed E-state index contributed by atoms with van der Waals surface area (Å²) in [4.78, 5) is 4.16. The summed E-state index contributed by atoms with van der Waals surface area (Å²) in [7, 11) is 0. The van der Waals surface area contributed by atoms with Gasteiger partial charge in [0.2, 0.25) is 0 Å². The summed E-state index contributed by atoms with van der Waals surface area (Å²) in [5.74, 6) is 0.595. The van der Waals surface area contributed by atoms with Gasteiger partial charge in [0.25, 0.3) is 0 Å². The Morgan fingerprint density at radius 1 is 0.194 bits per heavy atom. The van der Waals surface area contributed by atoms with Crippen LogP contribution in [0.3, 0.4) is 0 Å². The topological polar surface area (TPSA) is 0 Å². The van der Waals surface area contributed by atoms with Gasteiger partial charge in [0, 0.05) is 56.8 Å². The first-order valence-corrected chi connectivity index (χ1v) is 53.2. The molecule has 0 bridgehead atoms. The summed E-state index contributed by atoms with van der Waals surface area (Å²) in [5.41, 5.74) is 39.6. The standard InChI is InChI=1S/C141H94S3/c1-139(2)121-69-63-92(78-116(121)136-133(139)115-50-23-24-57-124(115)142-136)131-111-46-19-21-48-113(111)132(114-49-22-20-47-112(114)131)102-37-10-9-36-101(102)100-54-27-33-86-74-84(62-68-97(86)100)85-66-72-125-119(76-85)134-137(143-125)117-79-90(64-70-122(117)140(134,3)4)129-105-40-13-11-38-103(105)127(104-39-12-14-41-106(104)129)83-60-58-82(59-61-83)94-52-28-56-99-96(53-29-55-98(94)99)88-67-73-126-120(77-88)135-138(144-126)118-80-91(65-71-123(118)141(135,5)6)130-109-44-17-15-42-107(109)128(108-43-16-18-45-110(108)130)89-34-25-32-87(75-89)95-51-26-31-81-30-7-8-35-93(81)95/h7-80,93,95H,1-6H3. The Bertz CT molecular complexity index is 9960. The van der Waals surface area contributed by atoms with E-state index in [9.17, 15) is 0 Å².